The predicted molar refractivity (Wildman–Crippen MR) is 62.5 cm³/mol. The molecule has 1 aromatic carbocycles. The molecule has 1 saturated carbocycles. The van der Waals surface area contributed by atoms with Gasteiger partial charge in [0.2, 0.25) is 0 Å². The average molecular weight is 304 g/mol. The van der Waals surface area contributed by atoms with E-state index in [4.69, 9.17) is 0 Å². The van der Waals surface area contributed by atoms with Gasteiger partial charge in [-0.1, -0.05) is 0 Å². The van der Waals surface area contributed by atoms with Crippen LogP contribution in [0.15, 0.2) is 18.2 Å². The summed E-state index contributed by atoms with van der Waals surface area (Å²) in [6.45, 7) is 0. The number of nitrogens with zero attached hydrogens (tertiary/aromatic N) is 1. The van der Waals surface area contributed by atoms with Gasteiger partial charge in [0.05, 0.1) is 4.92 Å². The minimum Gasteiger partial charge on any atom is -0.381 e. The van der Waals surface area contributed by atoms with Gasteiger partial charge < -0.3 is 5.32 Å². The van der Waals surface area contributed by atoms with Crippen molar-refractivity contribution in [1.82, 2.24) is 0 Å². The van der Waals surface area contributed by atoms with Gasteiger partial charge in [-0.25, -0.2) is 0 Å². The Labute approximate surface area is 95.0 Å². The molecule has 0 bridgehead atoms. The fourth-order valence-corrected chi connectivity index (χ4v) is 1.84. The largest absolute Gasteiger partial charge is 0.381 e. The molecule has 0 aromatic heterocycles. The van der Waals surface area contributed by atoms with Crippen LogP contribution >= 0.6 is 22.6 Å². The van der Waals surface area contributed by atoms with Crippen LogP contribution in [0.4, 0.5) is 11.4 Å². The van der Waals surface area contributed by atoms with Gasteiger partial charge in [0.25, 0.3) is 5.69 Å². The lowest BCUT2D eigenvalue weighted by Crippen LogP contribution is -2.02. The summed E-state index contributed by atoms with van der Waals surface area (Å²) in [6, 6.07) is 5.47. The zero-order valence-corrected chi connectivity index (χ0v) is 9.52. The van der Waals surface area contributed by atoms with Crippen molar-refractivity contribution in [2.75, 3.05) is 5.32 Å². The van der Waals surface area contributed by atoms with Gasteiger partial charge in [0, 0.05) is 27.4 Å². The first kappa shape index (κ1) is 9.70. The normalized spacial score (nSPS) is 15.2. The monoisotopic (exact) mass is 304 g/mol. The Morgan fingerprint density at radius 2 is 2.21 bits per heavy atom. The number of rotatable bonds is 3. The van der Waals surface area contributed by atoms with Crippen molar-refractivity contribution >= 4 is 34.0 Å². The molecule has 0 saturated heterocycles. The predicted octanol–water partition coefficient (Wildman–Crippen LogP) is 2.77. The number of benzene rings is 1. The van der Waals surface area contributed by atoms with Crippen molar-refractivity contribution in [3.8, 4) is 0 Å². The maximum Gasteiger partial charge on any atom is 0.270 e. The fraction of sp³-hybridized carbons (Fsp3) is 0.333. The molecule has 0 aliphatic heterocycles. The van der Waals surface area contributed by atoms with E-state index in [0.717, 1.165) is 9.26 Å². The van der Waals surface area contributed by atoms with Crippen LogP contribution in [0, 0.1) is 13.7 Å². The summed E-state index contributed by atoms with van der Waals surface area (Å²) in [7, 11) is 0. The fourth-order valence-electron chi connectivity index (χ4n) is 1.18. The first-order chi connectivity index (χ1) is 6.66. The van der Waals surface area contributed by atoms with Gasteiger partial charge in [-0.15, -0.1) is 0 Å². The third kappa shape index (κ3) is 2.14. The summed E-state index contributed by atoms with van der Waals surface area (Å²) in [6.07, 6.45) is 2.40. The van der Waals surface area contributed by atoms with Crippen LogP contribution in [0.1, 0.15) is 12.8 Å². The van der Waals surface area contributed by atoms with Crippen LogP contribution in [0.3, 0.4) is 0 Å². The summed E-state index contributed by atoms with van der Waals surface area (Å²) in [4.78, 5) is 10.1. The van der Waals surface area contributed by atoms with Gasteiger partial charge in [-0.3, -0.25) is 10.1 Å². The summed E-state index contributed by atoms with van der Waals surface area (Å²) in [5.41, 5.74) is 1.15. The molecule has 0 atom stereocenters. The Bertz CT molecular complexity index is 377. The molecule has 4 nitrogen and oxygen atoms in total. The maximum atomic E-state index is 10.5. The topological polar surface area (TPSA) is 55.2 Å². The van der Waals surface area contributed by atoms with E-state index in [1.807, 2.05) is 0 Å². The summed E-state index contributed by atoms with van der Waals surface area (Å²) in [5.74, 6) is 0. The molecule has 0 unspecified atom stereocenters. The highest BCUT2D eigenvalue weighted by Gasteiger charge is 2.22. The molecule has 0 radical (unpaired) electrons. The standard InChI is InChI=1S/C9H9IN2O2/c10-8-5-7(12(13)14)3-4-9(8)11-6-1-2-6/h3-6,11H,1-2H2. The molecule has 1 fully saturated rings. The second-order valence-electron chi connectivity index (χ2n) is 3.34. The molecule has 0 amide bonds. The van der Waals surface area contributed by atoms with E-state index in [2.05, 4.69) is 27.9 Å². The first-order valence-electron chi connectivity index (χ1n) is 4.37. The van der Waals surface area contributed by atoms with Gasteiger partial charge in [0.1, 0.15) is 0 Å². The summed E-state index contributed by atoms with van der Waals surface area (Å²) >= 11 is 2.11. The van der Waals surface area contributed by atoms with Gasteiger partial charge in [-0.2, -0.15) is 0 Å². The van der Waals surface area contributed by atoms with Crippen molar-refractivity contribution in [1.29, 1.82) is 0 Å². The number of nitro benzene ring substituents is 1. The Hall–Kier alpha value is -0.850. The highest BCUT2D eigenvalue weighted by atomic mass is 127. The Morgan fingerprint density at radius 3 is 2.71 bits per heavy atom. The molecule has 2 rings (SSSR count). The van der Waals surface area contributed by atoms with E-state index in [-0.39, 0.29) is 10.6 Å². The van der Waals surface area contributed by atoms with Crippen molar-refractivity contribution in [3.63, 3.8) is 0 Å². The van der Waals surface area contributed by atoms with Crippen LogP contribution in [-0.4, -0.2) is 11.0 Å². The zero-order valence-electron chi connectivity index (χ0n) is 7.37. The number of anilines is 1. The number of hydrogen-bond donors (Lipinski definition) is 1. The Balaban J connectivity index is 2.21. The quantitative estimate of drug-likeness (QED) is 0.531. The van der Waals surface area contributed by atoms with Gasteiger partial charge in [0.15, 0.2) is 0 Å². The van der Waals surface area contributed by atoms with Crippen molar-refractivity contribution < 1.29 is 4.92 Å². The molecule has 1 aromatic rings. The lowest BCUT2D eigenvalue weighted by Gasteiger charge is -2.06. The molecule has 14 heavy (non-hydrogen) atoms. The van der Waals surface area contributed by atoms with E-state index >= 15 is 0 Å². The summed E-state index contributed by atoms with van der Waals surface area (Å²) in [5, 5.41) is 13.8. The van der Waals surface area contributed by atoms with E-state index in [1.165, 1.54) is 18.9 Å². The smallest absolute Gasteiger partial charge is 0.270 e. The minimum absolute atomic E-state index is 0.149. The molecule has 0 spiro atoms. The first-order valence-corrected chi connectivity index (χ1v) is 5.45. The van der Waals surface area contributed by atoms with E-state index < -0.39 is 0 Å². The van der Waals surface area contributed by atoms with Gasteiger partial charge >= 0.3 is 0 Å². The average Bonchev–Trinajstić information content (AvgIpc) is 2.92. The number of hydrogen-bond acceptors (Lipinski definition) is 3. The molecule has 5 heteroatoms. The van der Waals surface area contributed by atoms with Crippen molar-refractivity contribution in [3.05, 3.63) is 31.9 Å². The third-order valence-corrected chi connectivity index (χ3v) is 2.99. The van der Waals surface area contributed by atoms with Gasteiger partial charge in [-0.05, 0) is 41.5 Å². The van der Waals surface area contributed by atoms with E-state index in [9.17, 15) is 10.1 Å². The number of nitrogens with one attached hydrogen (secondary N) is 1. The van der Waals surface area contributed by atoms with Crippen LogP contribution in [0.5, 0.6) is 0 Å². The van der Waals surface area contributed by atoms with Crippen LogP contribution in [0.2, 0.25) is 0 Å². The molecule has 1 N–H and O–H groups in total. The molecule has 74 valence electrons. The SMILES string of the molecule is O=[N+]([O-])c1ccc(NC2CC2)c(I)c1. The Kier molecular flexibility index (Phi) is 2.58. The number of nitro groups is 1. The molecule has 0 heterocycles. The highest BCUT2D eigenvalue weighted by Crippen LogP contribution is 2.29. The zero-order chi connectivity index (χ0) is 10.1. The molecule has 1 aliphatic rings. The summed E-state index contributed by atoms with van der Waals surface area (Å²) < 4.78 is 0.906. The molecular formula is C9H9IN2O2. The van der Waals surface area contributed by atoms with E-state index in [0.29, 0.717) is 6.04 Å². The van der Waals surface area contributed by atoms with Crippen LogP contribution in [-0.2, 0) is 0 Å². The Morgan fingerprint density at radius 1 is 1.50 bits per heavy atom. The second-order valence-corrected chi connectivity index (χ2v) is 4.50. The molecule has 1 aliphatic carbocycles. The van der Waals surface area contributed by atoms with Crippen molar-refractivity contribution in [2.24, 2.45) is 0 Å². The molecular weight excluding hydrogens is 295 g/mol. The lowest BCUT2D eigenvalue weighted by molar-refractivity contribution is -0.384. The number of non-ortho nitro benzene ring substituents is 1. The van der Waals surface area contributed by atoms with Crippen LogP contribution in [0.25, 0.3) is 0 Å². The maximum absolute atomic E-state index is 10.5. The third-order valence-electron chi connectivity index (χ3n) is 2.10. The van der Waals surface area contributed by atoms with E-state index in [1.54, 1.807) is 12.1 Å². The minimum atomic E-state index is -0.372. The lowest BCUT2D eigenvalue weighted by atomic mass is 10.3. The highest BCUT2D eigenvalue weighted by molar-refractivity contribution is 14.1. The second kappa shape index (κ2) is 3.72. The van der Waals surface area contributed by atoms with Crippen molar-refractivity contribution in [2.45, 2.75) is 18.9 Å². The van der Waals surface area contributed by atoms with Crippen LogP contribution < -0.4 is 5.32 Å². The number of halogens is 1.